The van der Waals surface area contributed by atoms with Crippen molar-refractivity contribution >= 4 is 37.7 Å². The highest BCUT2D eigenvalue weighted by molar-refractivity contribution is 9.10. The van der Waals surface area contributed by atoms with Crippen LogP contribution < -0.4 is 4.72 Å². The summed E-state index contributed by atoms with van der Waals surface area (Å²) in [4.78, 5) is 0. The van der Waals surface area contributed by atoms with Crippen LogP contribution in [0.3, 0.4) is 0 Å². The van der Waals surface area contributed by atoms with Crippen LogP contribution in [-0.2, 0) is 17.1 Å². The van der Waals surface area contributed by atoms with E-state index in [9.17, 15) is 8.42 Å². The Morgan fingerprint density at radius 3 is 2.73 bits per heavy atom. The number of aromatic nitrogens is 3. The van der Waals surface area contributed by atoms with Crippen molar-refractivity contribution in [2.24, 2.45) is 7.05 Å². The normalized spacial score (nSPS) is 11.9. The van der Waals surface area contributed by atoms with Gasteiger partial charge in [-0.3, -0.25) is 0 Å². The van der Waals surface area contributed by atoms with E-state index in [2.05, 4.69) is 31.0 Å². The Balaban J connectivity index is 2.87. The maximum atomic E-state index is 11.8. The average Bonchev–Trinajstić information content (AvgIpc) is 2.46. The summed E-state index contributed by atoms with van der Waals surface area (Å²) in [7, 11) is -1.99. The third kappa shape index (κ3) is 3.16. The van der Waals surface area contributed by atoms with Gasteiger partial charge in [0.05, 0.1) is 0 Å². The van der Waals surface area contributed by atoms with E-state index in [4.69, 9.17) is 0 Å². The van der Waals surface area contributed by atoms with Crippen LogP contribution >= 0.6 is 27.7 Å². The molecule has 0 aliphatic rings. The van der Waals surface area contributed by atoms with Gasteiger partial charge in [0.1, 0.15) is 0 Å². The summed E-state index contributed by atoms with van der Waals surface area (Å²) in [5, 5.41) is 7.27. The maximum absolute atomic E-state index is 11.8. The number of halogens is 1. The smallest absolute Gasteiger partial charge is 0.235 e. The first-order valence-electron chi connectivity index (χ1n) is 4.03. The summed E-state index contributed by atoms with van der Waals surface area (Å²) >= 11 is 4.61. The molecule has 1 aromatic rings. The Morgan fingerprint density at radius 1 is 1.60 bits per heavy atom. The molecule has 9 heteroatoms. The molecule has 0 fully saturated rings. The van der Waals surface area contributed by atoms with Crippen molar-refractivity contribution in [3.05, 3.63) is 4.60 Å². The van der Waals surface area contributed by atoms with Gasteiger partial charge in [-0.25, -0.2) is 17.8 Å². The number of thioether (sulfide) groups is 1. The highest BCUT2D eigenvalue weighted by Gasteiger charge is 2.22. The number of nitrogens with zero attached hydrogens (tertiary/aromatic N) is 3. The predicted octanol–water partition coefficient (Wildman–Crippen LogP) is 0.219. The lowest BCUT2D eigenvalue weighted by atomic mass is 10.8. The van der Waals surface area contributed by atoms with Gasteiger partial charge in [-0.05, 0) is 22.2 Å². The van der Waals surface area contributed by atoms with Gasteiger partial charge in [-0.15, -0.1) is 5.10 Å². The first kappa shape index (κ1) is 12.9. The Labute approximate surface area is 101 Å². The molecule has 0 atom stereocenters. The molecule has 0 spiro atoms. The van der Waals surface area contributed by atoms with Crippen LogP contribution in [0.1, 0.15) is 0 Å². The summed E-state index contributed by atoms with van der Waals surface area (Å²) in [6, 6.07) is 0. The molecule has 0 saturated carbocycles. The summed E-state index contributed by atoms with van der Waals surface area (Å²) < 4.78 is 27.4. The number of sulfonamides is 1. The van der Waals surface area contributed by atoms with E-state index >= 15 is 0 Å². The van der Waals surface area contributed by atoms with Crippen molar-refractivity contribution < 1.29 is 8.42 Å². The van der Waals surface area contributed by atoms with E-state index in [1.165, 1.54) is 11.7 Å². The van der Waals surface area contributed by atoms with Gasteiger partial charge in [0.2, 0.25) is 5.03 Å². The van der Waals surface area contributed by atoms with Gasteiger partial charge in [-0.1, -0.05) is 5.21 Å². The fraction of sp³-hybridized carbons (Fsp3) is 0.667. The minimum Gasteiger partial charge on any atom is -0.235 e. The number of hydrogen-bond acceptors (Lipinski definition) is 5. The van der Waals surface area contributed by atoms with Crippen molar-refractivity contribution in [2.75, 3.05) is 18.6 Å². The Kier molecular flexibility index (Phi) is 4.56. The molecule has 0 amide bonds. The van der Waals surface area contributed by atoms with Gasteiger partial charge in [0.15, 0.2) is 4.60 Å². The Bertz CT molecular complexity index is 411. The summed E-state index contributed by atoms with van der Waals surface area (Å²) in [6.07, 6.45) is 1.91. The molecule has 0 unspecified atom stereocenters. The van der Waals surface area contributed by atoms with Crippen LogP contribution in [-0.4, -0.2) is 42.0 Å². The summed E-state index contributed by atoms with van der Waals surface area (Å²) in [5.74, 6) is 0.724. The van der Waals surface area contributed by atoms with Gasteiger partial charge in [0, 0.05) is 19.3 Å². The molecule has 15 heavy (non-hydrogen) atoms. The van der Waals surface area contributed by atoms with E-state index in [1.807, 2.05) is 6.26 Å². The Hall–Kier alpha value is -0.120. The molecule has 1 heterocycles. The molecule has 0 aliphatic heterocycles. The largest absolute Gasteiger partial charge is 0.260 e. The van der Waals surface area contributed by atoms with Crippen LogP contribution in [0.2, 0.25) is 0 Å². The summed E-state index contributed by atoms with van der Waals surface area (Å²) in [5.41, 5.74) is 0. The number of hydrogen-bond donors (Lipinski definition) is 1. The van der Waals surface area contributed by atoms with Crippen molar-refractivity contribution in [2.45, 2.75) is 5.03 Å². The molecule has 0 radical (unpaired) electrons. The van der Waals surface area contributed by atoms with E-state index in [0.29, 0.717) is 6.54 Å². The lowest BCUT2D eigenvalue weighted by Gasteiger charge is -2.05. The quantitative estimate of drug-likeness (QED) is 0.787. The Morgan fingerprint density at radius 2 is 2.27 bits per heavy atom. The average molecular weight is 315 g/mol. The third-order valence-corrected chi connectivity index (χ3v) is 4.55. The molecule has 1 N–H and O–H groups in total. The monoisotopic (exact) mass is 314 g/mol. The van der Waals surface area contributed by atoms with E-state index in [0.717, 1.165) is 5.75 Å². The second-order valence-corrected chi connectivity index (χ2v) is 6.12. The van der Waals surface area contributed by atoms with Crippen molar-refractivity contribution in [3.63, 3.8) is 0 Å². The number of rotatable bonds is 5. The lowest BCUT2D eigenvalue weighted by molar-refractivity contribution is 0.562. The van der Waals surface area contributed by atoms with Crippen LogP contribution in [0.5, 0.6) is 0 Å². The first-order chi connectivity index (χ1) is 6.99. The molecule has 0 aliphatic carbocycles. The van der Waals surface area contributed by atoms with Gasteiger partial charge >= 0.3 is 0 Å². The highest BCUT2D eigenvalue weighted by Crippen LogP contribution is 2.17. The van der Waals surface area contributed by atoms with Crippen LogP contribution in [0, 0.1) is 0 Å². The van der Waals surface area contributed by atoms with Crippen molar-refractivity contribution in [3.8, 4) is 0 Å². The van der Waals surface area contributed by atoms with Gasteiger partial charge in [0.25, 0.3) is 10.0 Å². The van der Waals surface area contributed by atoms with Crippen LogP contribution in [0.25, 0.3) is 0 Å². The molecule has 0 bridgehead atoms. The number of aryl methyl sites for hydroxylation is 1. The fourth-order valence-corrected chi connectivity index (χ4v) is 3.51. The van der Waals surface area contributed by atoms with Crippen molar-refractivity contribution in [1.29, 1.82) is 0 Å². The molecular weight excluding hydrogens is 304 g/mol. The molecule has 0 saturated heterocycles. The highest BCUT2D eigenvalue weighted by atomic mass is 79.9. The molecule has 0 aromatic carbocycles. The SMILES string of the molecule is CSCCNS(=O)(=O)c1c(Br)nnn1C. The van der Waals surface area contributed by atoms with Gasteiger partial charge < -0.3 is 0 Å². The molecule has 1 aromatic heterocycles. The fourth-order valence-electron chi connectivity index (χ4n) is 0.955. The zero-order chi connectivity index (χ0) is 11.5. The van der Waals surface area contributed by atoms with E-state index < -0.39 is 10.0 Å². The zero-order valence-electron chi connectivity index (χ0n) is 8.27. The van der Waals surface area contributed by atoms with E-state index in [1.54, 1.807) is 11.8 Å². The minimum atomic E-state index is -3.52. The third-order valence-electron chi connectivity index (χ3n) is 1.59. The van der Waals surface area contributed by atoms with Crippen LogP contribution in [0.15, 0.2) is 9.63 Å². The first-order valence-corrected chi connectivity index (χ1v) is 7.70. The second kappa shape index (κ2) is 5.28. The maximum Gasteiger partial charge on any atom is 0.260 e. The summed E-state index contributed by atoms with van der Waals surface area (Å²) in [6.45, 7) is 0.390. The minimum absolute atomic E-state index is 0.0450. The topological polar surface area (TPSA) is 76.9 Å². The molecule has 6 nitrogen and oxygen atoms in total. The second-order valence-electron chi connectivity index (χ2n) is 2.70. The molecular formula is C6H11BrN4O2S2. The van der Waals surface area contributed by atoms with Gasteiger partial charge in [-0.2, -0.15) is 11.8 Å². The zero-order valence-corrected chi connectivity index (χ0v) is 11.5. The lowest BCUT2D eigenvalue weighted by Crippen LogP contribution is -2.28. The van der Waals surface area contributed by atoms with E-state index in [-0.39, 0.29) is 9.63 Å². The number of nitrogens with one attached hydrogen (secondary N) is 1. The predicted molar refractivity (Wildman–Crippen MR) is 62.3 cm³/mol. The molecule has 1 rings (SSSR count). The standard InChI is InChI=1S/C6H11BrN4O2S2/c1-11-6(5(7)9-10-11)15(12,13)8-3-4-14-2/h8H,3-4H2,1-2H3. The van der Waals surface area contributed by atoms with Crippen molar-refractivity contribution in [1.82, 2.24) is 19.7 Å². The molecule has 86 valence electrons. The van der Waals surface area contributed by atoms with Crippen LogP contribution in [0.4, 0.5) is 0 Å².